The first kappa shape index (κ1) is 17.0. The average molecular weight is 355 g/mol. The molecule has 27 heavy (non-hydrogen) atoms. The molecular weight excluding hydrogens is 334 g/mol. The van der Waals surface area contributed by atoms with E-state index < -0.39 is 0 Å². The first-order valence-corrected chi connectivity index (χ1v) is 8.92. The topological polar surface area (TPSA) is 47.0 Å². The highest BCUT2D eigenvalue weighted by atomic mass is 16.5. The first-order valence-electron chi connectivity index (χ1n) is 8.92. The summed E-state index contributed by atoms with van der Waals surface area (Å²) in [4.78, 5) is 9.31. The highest BCUT2D eigenvalue weighted by Crippen LogP contribution is 2.29. The van der Waals surface area contributed by atoms with Crippen LogP contribution in [0.2, 0.25) is 0 Å². The number of methoxy groups -OCH3 is 1. The zero-order valence-electron chi connectivity index (χ0n) is 15.4. The molecule has 4 rings (SSSR count). The maximum atomic E-state index is 5.25. The number of hydrogen-bond acceptors (Lipinski definition) is 4. The average Bonchev–Trinajstić information content (AvgIpc) is 2.73. The van der Waals surface area contributed by atoms with Crippen molar-refractivity contribution in [1.29, 1.82) is 0 Å². The first-order chi connectivity index (χ1) is 13.2. The van der Waals surface area contributed by atoms with Crippen LogP contribution >= 0.6 is 0 Å². The molecule has 0 saturated heterocycles. The number of benzene rings is 2. The predicted octanol–water partition coefficient (Wildman–Crippen LogP) is 5.23. The van der Waals surface area contributed by atoms with Crippen molar-refractivity contribution in [2.45, 2.75) is 13.5 Å². The Hall–Kier alpha value is -3.40. The van der Waals surface area contributed by atoms with E-state index in [1.807, 2.05) is 43.5 Å². The molecule has 1 N–H and O–H groups in total. The maximum absolute atomic E-state index is 5.25. The Kier molecular flexibility index (Phi) is 4.71. The van der Waals surface area contributed by atoms with Gasteiger partial charge in [-0.25, -0.2) is 9.97 Å². The van der Waals surface area contributed by atoms with Crippen molar-refractivity contribution in [3.8, 4) is 17.0 Å². The van der Waals surface area contributed by atoms with Gasteiger partial charge in [-0.15, -0.1) is 0 Å². The summed E-state index contributed by atoms with van der Waals surface area (Å²) < 4.78 is 5.25. The number of ether oxygens (including phenoxy) is 1. The Labute approximate surface area is 158 Å². The van der Waals surface area contributed by atoms with Crippen LogP contribution in [0.3, 0.4) is 0 Å². The van der Waals surface area contributed by atoms with Crippen molar-refractivity contribution in [3.63, 3.8) is 0 Å². The molecule has 4 aromatic rings. The lowest BCUT2D eigenvalue weighted by molar-refractivity contribution is 0.415. The molecule has 2 heterocycles. The van der Waals surface area contributed by atoms with Crippen molar-refractivity contribution >= 4 is 16.7 Å². The van der Waals surface area contributed by atoms with Crippen LogP contribution in [0, 0.1) is 6.92 Å². The number of anilines is 1. The van der Waals surface area contributed by atoms with Crippen LogP contribution in [-0.4, -0.2) is 17.1 Å². The molecular formula is C23H21N3O. The van der Waals surface area contributed by atoms with Crippen LogP contribution in [0.25, 0.3) is 22.3 Å². The molecule has 2 aromatic carbocycles. The quantitative estimate of drug-likeness (QED) is 0.533. The van der Waals surface area contributed by atoms with E-state index >= 15 is 0 Å². The lowest BCUT2D eigenvalue weighted by Gasteiger charge is -2.13. The van der Waals surface area contributed by atoms with Gasteiger partial charge in [-0.1, -0.05) is 30.3 Å². The lowest BCUT2D eigenvalue weighted by atomic mass is 10.1. The lowest BCUT2D eigenvalue weighted by Crippen LogP contribution is -2.02. The molecule has 0 amide bonds. The van der Waals surface area contributed by atoms with E-state index in [-0.39, 0.29) is 0 Å². The van der Waals surface area contributed by atoms with Gasteiger partial charge < -0.3 is 10.1 Å². The third kappa shape index (κ3) is 3.75. The number of aryl methyl sites for hydroxylation is 1. The van der Waals surface area contributed by atoms with Gasteiger partial charge in [-0.05, 0) is 54.4 Å². The molecule has 0 unspecified atom stereocenters. The molecule has 0 atom stereocenters. The number of aromatic nitrogens is 2. The molecule has 4 nitrogen and oxygen atoms in total. The van der Waals surface area contributed by atoms with Gasteiger partial charge in [0.1, 0.15) is 5.75 Å². The van der Waals surface area contributed by atoms with Gasteiger partial charge in [0.2, 0.25) is 0 Å². The molecule has 0 aliphatic rings. The van der Waals surface area contributed by atoms with E-state index in [1.165, 1.54) is 5.56 Å². The predicted molar refractivity (Wildman–Crippen MR) is 110 cm³/mol. The number of hydrogen-bond donors (Lipinski definition) is 1. The number of nitrogens with one attached hydrogen (secondary N) is 1. The van der Waals surface area contributed by atoms with E-state index in [0.29, 0.717) is 0 Å². The van der Waals surface area contributed by atoms with Crippen LogP contribution in [0.15, 0.2) is 72.9 Å². The molecule has 4 heteroatoms. The minimum atomic E-state index is 0.740. The Bertz CT molecular complexity index is 1060. The van der Waals surface area contributed by atoms with Crippen molar-refractivity contribution in [2.24, 2.45) is 0 Å². The van der Waals surface area contributed by atoms with Gasteiger partial charge in [0.05, 0.1) is 12.8 Å². The van der Waals surface area contributed by atoms with E-state index in [1.54, 1.807) is 7.11 Å². The van der Waals surface area contributed by atoms with E-state index in [2.05, 4.69) is 46.7 Å². The summed E-state index contributed by atoms with van der Waals surface area (Å²) in [5, 5.41) is 4.59. The summed E-state index contributed by atoms with van der Waals surface area (Å²) in [6.07, 6.45) is 1.86. The number of rotatable bonds is 5. The molecule has 0 radical (unpaired) electrons. The van der Waals surface area contributed by atoms with Crippen LogP contribution in [0.5, 0.6) is 5.75 Å². The largest absolute Gasteiger partial charge is 0.497 e. The Morgan fingerprint density at radius 3 is 2.48 bits per heavy atom. The molecule has 0 spiro atoms. The zero-order chi connectivity index (χ0) is 18.6. The van der Waals surface area contributed by atoms with Gasteiger partial charge >= 0.3 is 0 Å². The Morgan fingerprint density at radius 2 is 1.74 bits per heavy atom. The Balaban J connectivity index is 1.75. The highest BCUT2D eigenvalue weighted by Gasteiger charge is 2.09. The summed E-state index contributed by atoms with van der Waals surface area (Å²) in [7, 11) is 1.67. The van der Waals surface area contributed by atoms with E-state index in [4.69, 9.17) is 9.72 Å². The molecule has 134 valence electrons. The van der Waals surface area contributed by atoms with Gasteiger partial charge in [0.15, 0.2) is 5.65 Å². The molecule has 2 aromatic heterocycles. The molecule has 0 bridgehead atoms. The second-order valence-corrected chi connectivity index (χ2v) is 6.51. The third-order valence-corrected chi connectivity index (χ3v) is 4.51. The summed E-state index contributed by atoms with van der Waals surface area (Å²) >= 11 is 0. The molecule has 0 saturated carbocycles. The summed E-state index contributed by atoms with van der Waals surface area (Å²) in [6.45, 7) is 2.79. The maximum Gasteiger partial charge on any atom is 0.161 e. The van der Waals surface area contributed by atoms with Crippen LogP contribution < -0.4 is 10.1 Å². The third-order valence-electron chi connectivity index (χ3n) is 4.51. The summed E-state index contributed by atoms with van der Waals surface area (Å²) in [5.74, 6) is 0.829. The Morgan fingerprint density at radius 1 is 0.963 bits per heavy atom. The SMILES string of the molecule is COc1ccc(-c2cc(NCc3ccccc3)c3cc(C)cnc3n2)cc1. The number of fused-ring (bicyclic) bond motifs is 1. The molecule has 0 aliphatic carbocycles. The van der Waals surface area contributed by atoms with Crippen LogP contribution in [0.1, 0.15) is 11.1 Å². The molecule has 0 fully saturated rings. The van der Waals surface area contributed by atoms with Crippen molar-refractivity contribution < 1.29 is 4.74 Å². The number of nitrogens with zero attached hydrogens (tertiary/aromatic N) is 2. The minimum Gasteiger partial charge on any atom is -0.497 e. The fourth-order valence-corrected chi connectivity index (χ4v) is 3.06. The van der Waals surface area contributed by atoms with Crippen LogP contribution in [0.4, 0.5) is 5.69 Å². The monoisotopic (exact) mass is 355 g/mol. The van der Waals surface area contributed by atoms with Crippen molar-refractivity contribution in [3.05, 3.63) is 84.1 Å². The summed E-state index contributed by atoms with van der Waals surface area (Å²) in [6, 6.07) is 22.5. The fraction of sp³-hybridized carbons (Fsp3) is 0.130. The van der Waals surface area contributed by atoms with Gasteiger partial charge in [-0.2, -0.15) is 0 Å². The molecule has 0 aliphatic heterocycles. The van der Waals surface area contributed by atoms with E-state index in [9.17, 15) is 0 Å². The minimum absolute atomic E-state index is 0.740. The highest BCUT2D eigenvalue weighted by molar-refractivity contribution is 5.92. The smallest absolute Gasteiger partial charge is 0.161 e. The van der Waals surface area contributed by atoms with Gasteiger partial charge in [0, 0.05) is 29.4 Å². The van der Waals surface area contributed by atoms with Gasteiger partial charge in [-0.3, -0.25) is 0 Å². The van der Waals surface area contributed by atoms with Gasteiger partial charge in [0.25, 0.3) is 0 Å². The number of pyridine rings is 2. The standard InChI is InChI=1S/C23H21N3O/c1-16-12-20-22(24-15-17-6-4-3-5-7-17)13-21(26-23(20)25-14-16)18-8-10-19(27-2)11-9-18/h3-14H,15H2,1-2H3,(H,24,25,26). The second-order valence-electron chi connectivity index (χ2n) is 6.51. The van der Waals surface area contributed by atoms with E-state index in [0.717, 1.165) is 45.8 Å². The fourth-order valence-electron chi connectivity index (χ4n) is 3.06. The van der Waals surface area contributed by atoms with Crippen molar-refractivity contribution in [1.82, 2.24) is 9.97 Å². The summed E-state index contributed by atoms with van der Waals surface area (Å²) in [5.41, 5.74) is 6.04. The second kappa shape index (κ2) is 7.46. The van der Waals surface area contributed by atoms with Crippen LogP contribution in [-0.2, 0) is 6.54 Å². The normalized spacial score (nSPS) is 10.7. The zero-order valence-corrected chi connectivity index (χ0v) is 15.4. The van der Waals surface area contributed by atoms with Crippen molar-refractivity contribution in [2.75, 3.05) is 12.4 Å².